The Bertz CT molecular complexity index is 420. The van der Waals surface area contributed by atoms with Crippen LogP contribution in [-0.4, -0.2) is 32.1 Å². The van der Waals surface area contributed by atoms with E-state index >= 15 is 0 Å². The highest BCUT2D eigenvalue weighted by Crippen LogP contribution is 2.39. The predicted molar refractivity (Wildman–Crippen MR) is 70.5 cm³/mol. The van der Waals surface area contributed by atoms with Gasteiger partial charge in [-0.1, -0.05) is 19.8 Å². The Morgan fingerprint density at radius 1 is 1.39 bits per heavy atom. The molecule has 0 spiro atoms. The zero-order valence-corrected chi connectivity index (χ0v) is 11.5. The highest BCUT2D eigenvalue weighted by Gasteiger charge is 2.39. The maximum absolute atomic E-state index is 12.5. The van der Waals surface area contributed by atoms with Gasteiger partial charge in [0.1, 0.15) is 0 Å². The van der Waals surface area contributed by atoms with Crippen LogP contribution < -0.4 is 0 Å². The van der Waals surface area contributed by atoms with E-state index in [-0.39, 0.29) is 5.91 Å². The Hall–Kier alpha value is -0.970. The Labute approximate surface area is 112 Å². The molecule has 18 heavy (non-hydrogen) atoms. The first-order valence-electron chi connectivity index (χ1n) is 6.86. The van der Waals surface area contributed by atoms with Gasteiger partial charge in [-0.05, 0) is 31.1 Å². The van der Waals surface area contributed by atoms with Gasteiger partial charge in [-0.15, -0.1) is 0 Å². The van der Waals surface area contributed by atoms with Crippen molar-refractivity contribution < 1.29 is 4.79 Å². The number of aromatic nitrogens is 2. The van der Waals surface area contributed by atoms with Crippen molar-refractivity contribution in [1.82, 2.24) is 13.6 Å². The lowest BCUT2D eigenvalue weighted by molar-refractivity contribution is 0.0214. The van der Waals surface area contributed by atoms with Crippen molar-refractivity contribution in [2.45, 2.75) is 45.1 Å². The number of hydrogen-bond acceptors (Lipinski definition) is 4. The molecule has 98 valence electrons. The third-order valence-electron chi connectivity index (χ3n) is 4.58. The fraction of sp³-hybridized carbons (Fsp3) is 0.769. The quantitative estimate of drug-likeness (QED) is 0.784. The van der Waals surface area contributed by atoms with Gasteiger partial charge in [0.2, 0.25) is 0 Å². The summed E-state index contributed by atoms with van der Waals surface area (Å²) in [4.78, 5) is 14.5. The van der Waals surface area contributed by atoms with E-state index in [0.29, 0.717) is 17.7 Å². The van der Waals surface area contributed by atoms with Crippen molar-refractivity contribution in [3.63, 3.8) is 0 Å². The van der Waals surface area contributed by atoms with Crippen LogP contribution in [0.15, 0.2) is 6.20 Å². The summed E-state index contributed by atoms with van der Waals surface area (Å²) in [5, 5.41) is 0. The number of carbonyl (C=O) groups excluding carboxylic acids is 1. The molecule has 2 fully saturated rings. The number of fused-ring (bicyclic) bond motifs is 1. The van der Waals surface area contributed by atoms with Crippen molar-refractivity contribution >= 4 is 17.6 Å². The molecule has 1 aliphatic heterocycles. The lowest BCUT2D eigenvalue weighted by atomic mass is 9.72. The van der Waals surface area contributed by atoms with Crippen LogP contribution in [-0.2, 0) is 0 Å². The minimum atomic E-state index is 0.0903. The maximum atomic E-state index is 12.5. The molecule has 2 aliphatic rings. The van der Waals surface area contributed by atoms with Gasteiger partial charge in [-0.3, -0.25) is 4.79 Å². The van der Waals surface area contributed by atoms with E-state index in [1.807, 2.05) is 0 Å². The van der Waals surface area contributed by atoms with Crippen molar-refractivity contribution in [3.8, 4) is 0 Å². The van der Waals surface area contributed by atoms with Gasteiger partial charge >= 0.3 is 0 Å². The van der Waals surface area contributed by atoms with Crippen LogP contribution in [0.5, 0.6) is 0 Å². The first kappa shape index (κ1) is 12.1. The van der Waals surface area contributed by atoms with Gasteiger partial charge in [0.05, 0.1) is 17.9 Å². The van der Waals surface area contributed by atoms with E-state index in [4.69, 9.17) is 0 Å². The highest BCUT2D eigenvalue weighted by atomic mass is 32.1. The SMILES string of the molecule is C[C@@H]1CCN(C(=O)c2cnsn2)[C@@H]2CCCC[C@H]12. The summed E-state index contributed by atoms with van der Waals surface area (Å²) >= 11 is 1.11. The van der Waals surface area contributed by atoms with Crippen LogP contribution in [0.1, 0.15) is 49.5 Å². The van der Waals surface area contributed by atoms with Gasteiger partial charge in [-0.25, -0.2) is 0 Å². The number of carbonyl (C=O) groups is 1. The van der Waals surface area contributed by atoms with Gasteiger partial charge in [0.25, 0.3) is 5.91 Å². The van der Waals surface area contributed by atoms with E-state index in [0.717, 1.165) is 37.0 Å². The molecule has 1 aromatic heterocycles. The highest BCUT2D eigenvalue weighted by molar-refractivity contribution is 6.99. The van der Waals surface area contributed by atoms with Crippen LogP contribution >= 0.6 is 11.7 Å². The number of nitrogens with zero attached hydrogens (tertiary/aromatic N) is 3. The molecule has 3 rings (SSSR count). The Balaban J connectivity index is 1.81. The summed E-state index contributed by atoms with van der Waals surface area (Å²) in [6, 6.07) is 0.441. The van der Waals surface area contributed by atoms with E-state index in [9.17, 15) is 4.79 Å². The van der Waals surface area contributed by atoms with Crippen LogP contribution in [0.2, 0.25) is 0 Å². The Morgan fingerprint density at radius 3 is 3.00 bits per heavy atom. The number of piperidine rings is 1. The monoisotopic (exact) mass is 265 g/mol. The summed E-state index contributed by atoms with van der Waals surface area (Å²) in [6.07, 6.45) is 7.76. The van der Waals surface area contributed by atoms with E-state index in [1.165, 1.54) is 19.3 Å². The number of hydrogen-bond donors (Lipinski definition) is 0. The standard InChI is InChI=1S/C13H19N3OS/c1-9-6-7-16(12-5-3-2-4-10(9)12)13(17)11-8-14-18-15-11/h8-10,12H,2-7H2,1H3/t9-,10-,12-/m1/s1. The first-order valence-corrected chi connectivity index (χ1v) is 7.59. The second kappa shape index (κ2) is 4.96. The summed E-state index contributed by atoms with van der Waals surface area (Å²) in [6.45, 7) is 3.23. The third-order valence-corrected chi connectivity index (χ3v) is 5.06. The van der Waals surface area contributed by atoms with E-state index in [2.05, 4.69) is 20.6 Å². The van der Waals surface area contributed by atoms with Crippen LogP contribution in [0.4, 0.5) is 0 Å². The predicted octanol–water partition coefficient (Wildman–Crippen LogP) is 2.58. The fourth-order valence-corrected chi connectivity index (χ4v) is 3.98. The van der Waals surface area contributed by atoms with Crippen molar-refractivity contribution in [2.24, 2.45) is 11.8 Å². The smallest absolute Gasteiger partial charge is 0.275 e. The molecule has 1 saturated heterocycles. The maximum Gasteiger partial charge on any atom is 0.275 e. The minimum absolute atomic E-state index is 0.0903. The largest absolute Gasteiger partial charge is 0.334 e. The molecule has 3 atom stereocenters. The molecule has 1 aromatic rings. The molecule has 5 heteroatoms. The summed E-state index contributed by atoms with van der Waals surface area (Å²) in [5.41, 5.74) is 0.527. The lowest BCUT2D eigenvalue weighted by Gasteiger charge is -2.47. The normalized spacial score (nSPS) is 32.1. The molecule has 2 heterocycles. The minimum Gasteiger partial charge on any atom is -0.334 e. The molecule has 0 aromatic carbocycles. The van der Waals surface area contributed by atoms with Gasteiger partial charge in [-0.2, -0.15) is 8.75 Å². The van der Waals surface area contributed by atoms with Crippen molar-refractivity contribution in [2.75, 3.05) is 6.54 Å². The van der Waals surface area contributed by atoms with Crippen LogP contribution in [0.3, 0.4) is 0 Å². The molecule has 0 radical (unpaired) electrons. The zero-order chi connectivity index (χ0) is 12.5. The number of rotatable bonds is 1. The van der Waals surface area contributed by atoms with Gasteiger partial charge in [0, 0.05) is 12.6 Å². The van der Waals surface area contributed by atoms with Crippen molar-refractivity contribution in [3.05, 3.63) is 11.9 Å². The lowest BCUT2D eigenvalue weighted by Crippen LogP contribution is -2.52. The second-order valence-corrected chi connectivity index (χ2v) is 6.13. The molecule has 0 unspecified atom stereocenters. The summed E-state index contributed by atoms with van der Waals surface area (Å²) in [7, 11) is 0. The average Bonchev–Trinajstić information content (AvgIpc) is 2.93. The molecule has 0 bridgehead atoms. The molecule has 0 N–H and O–H groups in total. The summed E-state index contributed by atoms with van der Waals surface area (Å²) < 4.78 is 8.03. The molecule has 4 nitrogen and oxygen atoms in total. The second-order valence-electron chi connectivity index (χ2n) is 5.57. The van der Waals surface area contributed by atoms with Crippen molar-refractivity contribution in [1.29, 1.82) is 0 Å². The van der Waals surface area contributed by atoms with Crippen LogP contribution in [0.25, 0.3) is 0 Å². The topological polar surface area (TPSA) is 46.1 Å². The average molecular weight is 265 g/mol. The zero-order valence-electron chi connectivity index (χ0n) is 10.7. The Kier molecular flexibility index (Phi) is 3.33. The van der Waals surface area contributed by atoms with E-state index < -0.39 is 0 Å². The van der Waals surface area contributed by atoms with Gasteiger partial charge in [0.15, 0.2) is 5.69 Å². The fourth-order valence-electron chi connectivity index (χ4n) is 3.57. The number of likely N-dealkylation sites (tertiary alicyclic amines) is 1. The van der Waals surface area contributed by atoms with Crippen LogP contribution in [0, 0.1) is 11.8 Å². The number of amides is 1. The first-order chi connectivity index (χ1) is 8.77. The molecule has 1 amide bonds. The molecular weight excluding hydrogens is 246 g/mol. The molecule has 1 aliphatic carbocycles. The summed E-state index contributed by atoms with van der Waals surface area (Å²) in [5.74, 6) is 1.54. The van der Waals surface area contributed by atoms with E-state index in [1.54, 1.807) is 6.20 Å². The molecular formula is C13H19N3OS. The van der Waals surface area contributed by atoms with Gasteiger partial charge < -0.3 is 4.90 Å². The molecule has 1 saturated carbocycles. The third kappa shape index (κ3) is 2.05. The Morgan fingerprint density at radius 2 is 2.22 bits per heavy atom.